The van der Waals surface area contributed by atoms with E-state index in [0.717, 1.165) is 49.1 Å². The molecule has 1 fully saturated rings. The second-order valence-corrected chi connectivity index (χ2v) is 7.25. The fraction of sp³-hybridized carbons (Fsp3) is 0.435. The summed E-state index contributed by atoms with van der Waals surface area (Å²) < 4.78 is 16.0. The fourth-order valence-electron chi connectivity index (χ4n) is 3.72. The highest BCUT2D eigenvalue weighted by Gasteiger charge is 2.27. The molecule has 3 rings (SSSR count). The van der Waals surface area contributed by atoms with Gasteiger partial charge in [0.2, 0.25) is 0 Å². The normalized spacial score (nSPS) is 15.9. The molecule has 0 aromatic heterocycles. The molecule has 0 bridgehead atoms. The lowest BCUT2D eigenvalue weighted by Crippen LogP contribution is -2.40. The summed E-state index contributed by atoms with van der Waals surface area (Å²) in [5.74, 6) is 3.47. The number of likely N-dealkylation sites (tertiary alicyclic amines) is 1. The van der Waals surface area contributed by atoms with Crippen molar-refractivity contribution in [2.45, 2.75) is 25.8 Å². The number of hydrogen-bond acceptors (Lipinski definition) is 5. The predicted molar refractivity (Wildman–Crippen MR) is 133 cm³/mol. The zero-order chi connectivity index (χ0) is 21.5. The van der Waals surface area contributed by atoms with Crippen molar-refractivity contribution in [2.24, 2.45) is 4.99 Å². The van der Waals surface area contributed by atoms with E-state index in [2.05, 4.69) is 29.3 Å². The first-order valence-electron chi connectivity index (χ1n) is 10.2. The number of aromatic hydroxyl groups is 1. The molecular weight excluding hydrogens is 509 g/mol. The van der Waals surface area contributed by atoms with Crippen LogP contribution in [0.25, 0.3) is 0 Å². The van der Waals surface area contributed by atoms with Gasteiger partial charge in [-0.3, -0.25) is 0 Å². The first kappa shape index (κ1) is 24.9. The fourth-order valence-corrected chi connectivity index (χ4v) is 3.72. The number of ether oxygens (including phenoxy) is 3. The number of rotatable bonds is 7. The Kier molecular flexibility index (Phi) is 9.54. The molecule has 2 aromatic carbocycles. The van der Waals surface area contributed by atoms with Crippen LogP contribution in [-0.2, 0) is 6.54 Å². The van der Waals surface area contributed by atoms with Crippen LogP contribution in [0.2, 0.25) is 0 Å². The van der Waals surface area contributed by atoms with E-state index >= 15 is 0 Å². The van der Waals surface area contributed by atoms with Gasteiger partial charge in [0.05, 0.1) is 27.9 Å². The summed E-state index contributed by atoms with van der Waals surface area (Å²) in [6.45, 7) is 5.13. The minimum Gasteiger partial charge on any atom is -0.504 e. The van der Waals surface area contributed by atoms with Crippen LogP contribution in [0.3, 0.4) is 0 Å². The number of benzene rings is 2. The summed E-state index contributed by atoms with van der Waals surface area (Å²) in [5, 5.41) is 13.4. The van der Waals surface area contributed by atoms with Gasteiger partial charge < -0.3 is 29.5 Å². The van der Waals surface area contributed by atoms with Gasteiger partial charge in [0.25, 0.3) is 0 Å². The second kappa shape index (κ2) is 11.9. The van der Waals surface area contributed by atoms with E-state index in [1.807, 2.05) is 12.1 Å². The van der Waals surface area contributed by atoms with Crippen LogP contribution >= 0.6 is 24.0 Å². The predicted octanol–water partition coefficient (Wildman–Crippen LogP) is 3.99. The number of methoxy groups -OCH3 is 3. The van der Waals surface area contributed by atoms with Crippen LogP contribution in [0, 0.1) is 0 Å². The van der Waals surface area contributed by atoms with Gasteiger partial charge >= 0.3 is 0 Å². The Hall–Kier alpha value is -2.36. The molecule has 8 heteroatoms. The summed E-state index contributed by atoms with van der Waals surface area (Å²) in [6.07, 6.45) is 1.03. The number of aliphatic imine (C=N–C) groups is 1. The van der Waals surface area contributed by atoms with Gasteiger partial charge in [-0.25, -0.2) is 4.99 Å². The maximum atomic E-state index is 10.00. The van der Waals surface area contributed by atoms with Gasteiger partial charge in [-0.1, -0.05) is 6.07 Å². The largest absolute Gasteiger partial charge is 0.504 e. The summed E-state index contributed by atoms with van der Waals surface area (Å²) in [5.41, 5.74) is 2.14. The van der Waals surface area contributed by atoms with Crippen molar-refractivity contribution in [1.82, 2.24) is 10.2 Å². The number of phenols is 1. The first-order chi connectivity index (χ1) is 14.6. The quantitative estimate of drug-likeness (QED) is 0.314. The number of nitrogens with zero attached hydrogens (tertiary/aromatic N) is 2. The van der Waals surface area contributed by atoms with E-state index in [4.69, 9.17) is 19.2 Å². The maximum absolute atomic E-state index is 10.00. The lowest BCUT2D eigenvalue weighted by atomic mass is 9.98. The average Bonchev–Trinajstić information content (AvgIpc) is 3.26. The van der Waals surface area contributed by atoms with Gasteiger partial charge in [0.1, 0.15) is 11.5 Å². The molecule has 1 aliphatic rings. The molecule has 170 valence electrons. The van der Waals surface area contributed by atoms with Crippen LogP contribution in [0.1, 0.15) is 30.4 Å². The lowest BCUT2D eigenvalue weighted by molar-refractivity contribution is 0.373. The van der Waals surface area contributed by atoms with Crippen molar-refractivity contribution < 1.29 is 19.3 Å². The lowest BCUT2D eigenvalue weighted by Gasteiger charge is -2.22. The number of guanidine groups is 1. The molecule has 0 saturated carbocycles. The summed E-state index contributed by atoms with van der Waals surface area (Å²) in [6, 6.07) is 11.4. The smallest absolute Gasteiger partial charge is 0.194 e. The van der Waals surface area contributed by atoms with E-state index in [1.54, 1.807) is 26.4 Å². The van der Waals surface area contributed by atoms with Crippen molar-refractivity contribution in [3.63, 3.8) is 0 Å². The van der Waals surface area contributed by atoms with Gasteiger partial charge in [-0.2, -0.15) is 0 Å². The number of nitrogens with one attached hydrogen (secondary N) is 1. The first-order valence-corrected chi connectivity index (χ1v) is 10.2. The molecule has 2 N–H and O–H groups in total. The Morgan fingerprint density at radius 2 is 1.81 bits per heavy atom. The summed E-state index contributed by atoms with van der Waals surface area (Å²) >= 11 is 0. The van der Waals surface area contributed by atoms with Gasteiger partial charge in [-0.15, -0.1) is 24.0 Å². The van der Waals surface area contributed by atoms with E-state index < -0.39 is 0 Å². The molecule has 7 nitrogen and oxygen atoms in total. The minimum atomic E-state index is 0. The molecule has 31 heavy (non-hydrogen) atoms. The number of hydrogen-bond donors (Lipinski definition) is 2. The molecular formula is C23H32IN3O4. The third kappa shape index (κ3) is 6.32. The third-order valence-corrected chi connectivity index (χ3v) is 5.32. The van der Waals surface area contributed by atoms with Crippen molar-refractivity contribution >= 4 is 29.9 Å². The van der Waals surface area contributed by atoms with Gasteiger partial charge in [0, 0.05) is 31.6 Å². The maximum Gasteiger partial charge on any atom is 0.194 e. The van der Waals surface area contributed by atoms with Crippen LogP contribution in [0.4, 0.5) is 0 Å². The Morgan fingerprint density at radius 3 is 2.39 bits per heavy atom. The zero-order valence-corrected chi connectivity index (χ0v) is 20.9. The van der Waals surface area contributed by atoms with E-state index in [9.17, 15) is 5.11 Å². The van der Waals surface area contributed by atoms with Crippen LogP contribution in [0.15, 0.2) is 41.4 Å². The summed E-state index contributed by atoms with van der Waals surface area (Å²) in [4.78, 5) is 7.07. The molecule has 0 radical (unpaired) electrons. The highest BCUT2D eigenvalue weighted by atomic mass is 127. The Bertz CT molecular complexity index is 869. The molecule has 1 heterocycles. The third-order valence-electron chi connectivity index (χ3n) is 5.32. The molecule has 0 amide bonds. The van der Waals surface area contributed by atoms with Crippen LogP contribution in [0.5, 0.6) is 23.0 Å². The highest BCUT2D eigenvalue weighted by Crippen LogP contribution is 2.33. The van der Waals surface area contributed by atoms with Crippen LogP contribution < -0.4 is 19.5 Å². The van der Waals surface area contributed by atoms with Crippen molar-refractivity contribution in [3.05, 3.63) is 47.5 Å². The molecule has 1 unspecified atom stereocenters. The Labute approximate surface area is 201 Å². The standard InChI is InChI=1S/C23H31N3O4.HI/c1-5-24-23(25-14-16-6-7-22(30-4)21(27)10-16)26-9-8-17(15-26)18-11-19(28-2)13-20(12-18)29-3;/h6-7,10-13,17,27H,5,8-9,14-15H2,1-4H3,(H,24,25);1H. The molecule has 1 saturated heterocycles. The average molecular weight is 541 g/mol. The topological polar surface area (TPSA) is 75.6 Å². The highest BCUT2D eigenvalue weighted by molar-refractivity contribution is 14.0. The summed E-state index contributed by atoms with van der Waals surface area (Å²) in [7, 11) is 4.89. The molecule has 1 aliphatic heterocycles. The monoisotopic (exact) mass is 541 g/mol. The second-order valence-electron chi connectivity index (χ2n) is 7.25. The van der Waals surface area contributed by atoms with Gasteiger partial charge in [0.15, 0.2) is 17.5 Å². The van der Waals surface area contributed by atoms with E-state index in [1.165, 1.54) is 12.7 Å². The Morgan fingerprint density at radius 1 is 1.10 bits per heavy atom. The van der Waals surface area contributed by atoms with Crippen molar-refractivity contribution in [3.8, 4) is 23.0 Å². The van der Waals surface area contributed by atoms with Crippen molar-refractivity contribution in [1.29, 1.82) is 0 Å². The van der Waals surface area contributed by atoms with E-state index in [-0.39, 0.29) is 29.7 Å². The molecule has 0 spiro atoms. The van der Waals surface area contributed by atoms with Crippen molar-refractivity contribution in [2.75, 3.05) is 41.0 Å². The Balaban J connectivity index is 0.00000341. The van der Waals surface area contributed by atoms with Crippen LogP contribution in [-0.4, -0.2) is 56.9 Å². The molecule has 2 aromatic rings. The van der Waals surface area contributed by atoms with Gasteiger partial charge in [-0.05, 0) is 48.7 Å². The number of phenolic OH excluding ortho intramolecular Hbond substituents is 1. The molecule has 1 atom stereocenters. The molecule has 0 aliphatic carbocycles. The van der Waals surface area contributed by atoms with E-state index in [0.29, 0.717) is 18.2 Å². The number of halogens is 1. The minimum absolute atomic E-state index is 0. The zero-order valence-electron chi connectivity index (χ0n) is 18.6. The SMILES string of the molecule is CCNC(=NCc1ccc(OC)c(O)c1)N1CCC(c2cc(OC)cc(OC)c2)C1.I.